The topological polar surface area (TPSA) is 123 Å². The number of aliphatic hydroxyl groups excluding tert-OH is 1. The van der Waals surface area contributed by atoms with Crippen LogP contribution in [-0.2, 0) is 22.4 Å². The molecule has 0 radical (unpaired) electrons. The molecule has 1 atom stereocenters. The van der Waals surface area contributed by atoms with Gasteiger partial charge in [0.1, 0.15) is 23.9 Å². The average molecular weight is 554 g/mol. The maximum atomic E-state index is 11.9. The number of allylic oxidation sites excluding steroid dienone is 2. The van der Waals surface area contributed by atoms with Crippen molar-refractivity contribution < 1.29 is 19.4 Å². The molecule has 9 heteroatoms. The van der Waals surface area contributed by atoms with Gasteiger partial charge < -0.3 is 20.3 Å². The van der Waals surface area contributed by atoms with Gasteiger partial charge in [-0.25, -0.2) is 5.01 Å². The van der Waals surface area contributed by atoms with Crippen LogP contribution in [0.4, 0.5) is 0 Å². The third kappa shape index (κ3) is 8.32. The van der Waals surface area contributed by atoms with Crippen LogP contribution in [0.2, 0.25) is 0 Å². The minimum absolute atomic E-state index is 0.161. The molecule has 1 aromatic heterocycles. The summed E-state index contributed by atoms with van der Waals surface area (Å²) >= 11 is 0. The Bertz CT molecular complexity index is 1140. The molecular weight excluding hydrogens is 506 g/mol. The number of hydrazone groups is 1. The molecule has 1 fully saturated rings. The summed E-state index contributed by atoms with van der Waals surface area (Å²) < 4.78 is 12.0. The van der Waals surface area contributed by atoms with Crippen LogP contribution in [0.3, 0.4) is 0 Å². The Morgan fingerprint density at radius 1 is 1.30 bits per heavy atom. The first-order valence-corrected chi connectivity index (χ1v) is 14.6. The van der Waals surface area contributed by atoms with Crippen LogP contribution in [0.25, 0.3) is 0 Å². The normalized spacial score (nSPS) is 18.5. The second kappa shape index (κ2) is 14.9. The number of hydrogen-bond acceptors (Lipinski definition) is 8. The van der Waals surface area contributed by atoms with E-state index in [-0.39, 0.29) is 18.1 Å². The highest BCUT2D eigenvalue weighted by atomic mass is 16.5. The Labute approximate surface area is 239 Å². The fourth-order valence-electron chi connectivity index (χ4n) is 5.61. The zero-order chi connectivity index (χ0) is 29.1. The Hall–Kier alpha value is -3.36. The van der Waals surface area contributed by atoms with Crippen molar-refractivity contribution in [2.45, 2.75) is 104 Å². The molecule has 1 saturated carbocycles. The van der Waals surface area contributed by atoms with Crippen LogP contribution in [-0.4, -0.2) is 52.0 Å². The average Bonchev–Trinajstić information content (AvgIpc) is 3.48. The maximum Gasteiger partial charge on any atom is 0.293 e. The fraction of sp³-hybridized carbons (Fsp3) is 0.613. The van der Waals surface area contributed by atoms with Gasteiger partial charge in [-0.05, 0) is 88.5 Å². The molecule has 220 valence electrons. The molecule has 0 aromatic carbocycles. The quantitative estimate of drug-likeness (QED) is 0.118. The maximum absolute atomic E-state index is 11.9. The largest absolute Gasteiger partial charge is 0.512 e. The van der Waals surface area contributed by atoms with E-state index in [0.29, 0.717) is 50.4 Å². The van der Waals surface area contributed by atoms with Gasteiger partial charge in [-0.15, -0.1) is 0 Å². The van der Waals surface area contributed by atoms with E-state index in [9.17, 15) is 9.90 Å². The van der Waals surface area contributed by atoms with E-state index in [2.05, 4.69) is 35.0 Å². The third-order valence-electron chi connectivity index (χ3n) is 7.96. The Morgan fingerprint density at radius 2 is 2.05 bits per heavy atom. The number of ether oxygens (including phenoxy) is 2. The predicted octanol–water partition coefficient (Wildman–Crippen LogP) is 5.99. The summed E-state index contributed by atoms with van der Waals surface area (Å²) in [6.45, 7) is 11.5. The zero-order valence-electron chi connectivity index (χ0n) is 24.9. The molecule has 0 spiro atoms. The lowest BCUT2D eigenvalue weighted by Gasteiger charge is -2.38. The van der Waals surface area contributed by atoms with Crippen LogP contribution in [0.5, 0.6) is 5.75 Å². The fourth-order valence-corrected chi connectivity index (χ4v) is 5.61. The molecule has 1 unspecified atom stereocenters. The molecule has 3 rings (SSSR count). The van der Waals surface area contributed by atoms with E-state index in [1.165, 1.54) is 0 Å². The van der Waals surface area contributed by atoms with Crippen LogP contribution in [0, 0.1) is 5.92 Å². The number of hydrogen-bond donors (Lipinski definition) is 2. The van der Waals surface area contributed by atoms with E-state index in [4.69, 9.17) is 15.2 Å². The van der Waals surface area contributed by atoms with Crippen LogP contribution in [0.1, 0.15) is 97.2 Å². The number of aryl methyl sites for hydroxylation is 2. The van der Waals surface area contributed by atoms with Crippen molar-refractivity contribution >= 4 is 18.0 Å². The number of nitrogens with zero attached hydrogens (tertiary/aromatic N) is 4. The molecule has 2 aliphatic rings. The molecule has 0 bridgehead atoms. The van der Waals surface area contributed by atoms with E-state index in [1.807, 2.05) is 26.8 Å². The van der Waals surface area contributed by atoms with Gasteiger partial charge in [0.15, 0.2) is 0 Å². The zero-order valence-corrected chi connectivity index (χ0v) is 24.9. The standard InChI is InChI=1S/C31H47N5O4/c1-6-14-39-29-19-33-27(7-2)17-25(29)12-13-31(40-21-37,26-10-8-9-11-26)18-28(38)22(3)15-30(32)35-36-20-34-23(4)16-24(36)5/h16-17,19,21,26,38H,6-15,18,20H2,1-5H3,(H2,32,35)/b28-22-. The molecule has 0 amide bonds. The van der Waals surface area contributed by atoms with E-state index < -0.39 is 5.60 Å². The Balaban J connectivity index is 1.84. The van der Waals surface area contributed by atoms with Gasteiger partial charge in [-0.1, -0.05) is 26.7 Å². The van der Waals surface area contributed by atoms with Gasteiger partial charge in [-0.2, -0.15) is 5.10 Å². The third-order valence-corrected chi connectivity index (χ3v) is 7.96. The van der Waals surface area contributed by atoms with E-state index in [1.54, 1.807) is 11.2 Å². The van der Waals surface area contributed by atoms with Crippen LogP contribution in [0.15, 0.2) is 45.5 Å². The lowest BCUT2D eigenvalue weighted by atomic mass is 9.77. The first kappa shape index (κ1) is 31.2. The Morgan fingerprint density at radius 3 is 2.70 bits per heavy atom. The summed E-state index contributed by atoms with van der Waals surface area (Å²) in [7, 11) is 0. The smallest absolute Gasteiger partial charge is 0.293 e. The first-order chi connectivity index (χ1) is 19.2. The number of nitrogens with two attached hydrogens (primary N) is 1. The molecular formula is C31H47N5O4. The molecule has 1 aliphatic carbocycles. The van der Waals surface area contributed by atoms with Crippen molar-refractivity contribution in [3.63, 3.8) is 0 Å². The van der Waals surface area contributed by atoms with Crippen molar-refractivity contribution in [3.05, 3.63) is 46.6 Å². The molecule has 0 saturated heterocycles. The van der Waals surface area contributed by atoms with Crippen molar-refractivity contribution in [1.29, 1.82) is 0 Å². The molecule has 9 nitrogen and oxygen atoms in total. The number of pyridine rings is 1. The molecule has 1 aliphatic heterocycles. The Kier molecular flexibility index (Phi) is 11.6. The van der Waals surface area contributed by atoms with Crippen LogP contribution >= 0.6 is 0 Å². The summed E-state index contributed by atoms with van der Waals surface area (Å²) in [6, 6.07) is 2.09. The first-order valence-electron chi connectivity index (χ1n) is 14.6. The highest BCUT2D eigenvalue weighted by Crippen LogP contribution is 2.43. The van der Waals surface area contributed by atoms with Gasteiger partial charge >= 0.3 is 0 Å². The SMILES string of the molecule is CCCOc1cnc(CC)cc1CCC(C/C(O)=C(\C)C/C(N)=N/N1CN=C(C)C=C1C)(OC=O)C1CCCC1. The van der Waals surface area contributed by atoms with Gasteiger partial charge in [0.25, 0.3) is 6.47 Å². The molecule has 2 heterocycles. The van der Waals surface area contributed by atoms with E-state index in [0.717, 1.165) is 66.9 Å². The van der Waals surface area contributed by atoms with Crippen molar-refractivity contribution in [1.82, 2.24) is 9.99 Å². The summed E-state index contributed by atoms with van der Waals surface area (Å²) in [6.07, 6.45) is 11.3. The predicted molar refractivity (Wildman–Crippen MR) is 159 cm³/mol. The number of rotatable bonds is 15. The summed E-state index contributed by atoms with van der Waals surface area (Å²) in [5, 5.41) is 17.6. The summed E-state index contributed by atoms with van der Waals surface area (Å²) in [5.74, 6) is 1.51. The number of aliphatic hydroxyl groups is 1. The van der Waals surface area contributed by atoms with Gasteiger partial charge in [0.2, 0.25) is 0 Å². The number of aromatic nitrogens is 1. The second-order valence-electron chi connectivity index (χ2n) is 11.0. The number of amidine groups is 1. The minimum Gasteiger partial charge on any atom is -0.512 e. The monoisotopic (exact) mass is 553 g/mol. The van der Waals surface area contributed by atoms with Gasteiger partial charge in [-0.3, -0.25) is 14.8 Å². The van der Waals surface area contributed by atoms with Crippen molar-refractivity contribution in [2.24, 2.45) is 21.7 Å². The highest BCUT2D eigenvalue weighted by Gasteiger charge is 2.43. The number of carbonyl (C=O) groups is 1. The summed E-state index contributed by atoms with van der Waals surface area (Å²) in [5.41, 5.74) is 10.1. The van der Waals surface area contributed by atoms with Crippen molar-refractivity contribution in [2.75, 3.05) is 13.3 Å². The number of aliphatic imine (C=N–C) groups is 1. The molecule has 1 aromatic rings. The highest BCUT2D eigenvalue weighted by molar-refractivity contribution is 5.93. The second-order valence-corrected chi connectivity index (χ2v) is 11.0. The number of carbonyl (C=O) groups excluding carboxylic acids is 1. The lowest BCUT2D eigenvalue weighted by Crippen LogP contribution is -2.41. The van der Waals surface area contributed by atoms with Crippen molar-refractivity contribution in [3.8, 4) is 5.75 Å². The molecule has 3 N–H and O–H groups in total. The van der Waals surface area contributed by atoms with Gasteiger partial charge in [0, 0.05) is 29.9 Å². The lowest BCUT2D eigenvalue weighted by molar-refractivity contribution is -0.152. The van der Waals surface area contributed by atoms with E-state index >= 15 is 0 Å². The summed E-state index contributed by atoms with van der Waals surface area (Å²) in [4.78, 5) is 20.8. The van der Waals surface area contributed by atoms with Gasteiger partial charge in [0.05, 0.1) is 18.6 Å². The molecule has 40 heavy (non-hydrogen) atoms. The van der Waals surface area contributed by atoms with Crippen LogP contribution < -0.4 is 10.5 Å². The minimum atomic E-state index is -0.828.